The van der Waals surface area contributed by atoms with Crippen molar-refractivity contribution < 1.29 is 14.5 Å². The molecule has 4 N–H and O–H groups in total. The van der Waals surface area contributed by atoms with E-state index in [4.69, 9.17) is 18.0 Å². The van der Waals surface area contributed by atoms with Gasteiger partial charge in [-0.25, -0.2) is 0 Å². The molecule has 0 spiro atoms. The van der Waals surface area contributed by atoms with Gasteiger partial charge in [0.15, 0.2) is 5.11 Å². The van der Waals surface area contributed by atoms with Gasteiger partial charge < -0.3 is 16.0 Å². The van der Waals surface area contributed by atoms with E-state index in [0.29, 0.717) is 16.3 Å². The first-order valence-corrected chi connectivity index (χ1v) is 12.2. The van der Waals surface area contributed by atoms with Crippen molar-refractivity contribution in [2.45, 2.75) is 44.9 Å². The second-order valence-corrected chi connectivity index (χ2v) is 9.71. The quantitative estimate of drug-likeness (QED) is 0.333. The molecule has 4 rings (SSSR count). The minimum absolute atomic E-state index is 0.00357. The molecule has 0 atom stereocenters. The topological polar surface area (TPSA) is 131 Å². The van der Waals surface area contributed by atoms with Crippen molar-refractivity contribution in [2.75, 3.05) is 23.3 Å². The number of aryl methyl sites for hydroxylation is 1. The molecule has 0 unspecified atom stereocenters. The van der Waals surface area contributed by atoms with Crippen LogP contribution in [-0.2, 0) is 12.8 Å². The van der Waals surface area contributed by atoms with E-state index in [9.17, 15) is 19.7 Å². The Labute approximate surface area is 200 Å². The van der Waals surface area contributed by atoms with E-state index < -0.39 is 16.7 Å². The Balaban J connectivity index is 1.50. The summed E-state index contributed by atoms with van der Waals surface area (Å²) in [7, 11) is 0. The smallest absolute Gasteiger partial charge is 0.293 e. The number of anilines is 2. The number of benzene rings is 1. The average Bonchev–Trinajstić information content (AvgIpc) is 3.17. The van der Waals surface area contributed by atoms with E-state index in [1.807, 2.05) is 4.90 Å². The number of fused-ring (bicyclic) bond motifs is 1. The van der Waals surface area contributed by atoms with Crippen LogP contribution in [0.4, 0.5) is 16.4 Å². The van der Waals surface area contributed by atoms with Gasteiger partial charge in [-0.05, 0) is 74.9 Å². The highest BCUT2D eigenvalue weighted by molar-refractivity contribution is 7.80. The van der Waals surface area contributed by atoms with E-state index >= 15 is 0 Å². The Morgan fingerprint density at radius 1 is 1.12 bits per heavy atom. The molecule has 11 heteroatoms. The van der Waals surface area contributed by atoms with E-state index in [0.717, 1.165) is 68.5 Å². The number of nitro groups is 1. The molecule has 1 aliphatic carbocycles. The highest BCUT2D eigenvalue weighted by atomic mass is 32.1. The van der Waals surface area contributed by atoms with Crippen LogP contribution in [0.2, 0.25) is 0 Å². The summed E-state index contributed by atoms with van der Waals surface area (Å²) in [6, 6.07) is 4.46. The summed E-state index contributed by atoms with van der Waals surface area (Å²) in [5.74, 6) is -1.10. The fraction of sp³-hybridized carbons (Fsp3) is 0.409. The second kappa shape index (κ2) is 9.84. The number of carbonyl (C=O) groups is 2. The zero-order valence-electron chi connectivity index (χ0n) is 18.0. The number of nitrogens with one attached hydrogen (secondary N) is 2. The lowest BCUT2D eigenvalue weighted by Gasteiger charge is -2.28. The standard InChI is InChI=1S/C22H25N5O4S2/c23-19(28)18-14-6-2-3-7-17(14)33-21(18)25-22(32)24-20(29)13-8-9-15(16(12-13)27(30)31)26-10-4-1-5-11-26/h8-9,12H,1-7,10-11H2,(H2,23,28)(H2,24,25,29,32). The van der Waals surface area contributed by atoms with Crippen LogP contribution in [0.15, 0.2) is 18.2 Å². The fourth-order valence-corrected chi connectivity index (χ4v) is 6.00. The van der Waals surface area contributed by atoms with Gasteiger partial charge in [-0.1, -0.05) is 0 Å². The summed E-state index contributed by atoms with van der Waals surface area (Å²) in [5.41, 5.74) is 7.53. The van der Waals surface area contributed by atoms with Crippen LogP contribution < -0.4 is 21.3 Å². The first-order chi connectivity index (χ1) is 15.8. The molecule has 1 saturated heterocycles. The number of rotatable bonds is 5. The third kappa shape index (κ3) is 4.98. The van der Waals surface area contributed by atoms with E-state index in [1.165, 1.54) is 17.4 Å². The molecule has 0 saturated carbocycles. The van der Waals surface area contributed by atoms with Crippen molar-refractivity contribution in [1.29, 1.82) is 0 Å². The first kappa shape index (κ1) is 23.1. The molecular formula is C22H25N5O4S2. The number of hydrogen-bond donors (Lipinski definition) is 3. The molecule has 2 aromatic rings. The van der Waals surface area contributed by atoms with E-state index in [2.05, 4.69) is 10.6 Å². The Bertz CT molecular complexity index is 1120. The Morgan fingerprint density at radius 2 is 1.85 bits per heavy atom. The predicted molar refractivity (Wildman–Crippen MR) is 132 cm³/mol. The van der Waals surface area contributed by atoms with Crippen molar-refractivity contribution in [3.05, 3.63) is 49.9 Å². The molecule has 1 aromatic heterocycles. The van der Waals surface area contributed by atoms with E-state index in [1.54, 1.807) is 12.1 Å². The summed E-state index contributed by atoms with van der Waals surface area (Å²) < 4.78 is 0. The number of nitrogens with zero attached hydrogens (tertiary/aromatic N) is 2. The molecule has 2 heterocycles. The van der Waals surface area contributed by atoms with Gasteiger partial charge in [-0.2, -0.15) is 0 Å². The van der Waals surface area contributed by atoms with Crippen LogP contribution in [0.5, 0.6) is 0 Å². The maximum atomic E-state index is 12.8. The number of amides is 2. The Kier molecular flexibility index (Phi) is 6.89. The number of carbonyl (C=O) groups excluding carboxylic acids is 2. The summed E-state index contributed by atoms with van der Waals surface area (Å²) in [6.45, 7) is 1.51. The number of thiocarbonyl (C=S) groups is 1. The fourth-order valence-electron chi connectivity index (χ4n) is 4.44. The molecule has 1 aromatic carbocycles. The van der Waals surface area contributed by atoms with Crippen LogP contribution in [0.25, 0.3) is 0 Å². The third-order valence-electron chi connectivity index (χ3n) is 6.00. The molecule has 1 aliphatic heterocycles. The summed E-state index contributed by atoms with van der Waals surface area (Å²) in [5, 5.41) is 17.7. The Morgan fingerprint density at radius 3 is 2.55 bits per heavy atom. The lowest BCUT2D eigenvalue weighted by atomic mass is 9.95. The van der Waals surface area contributed by atoms with Gasteiger partial charge in [0.2, 0.25) is 0 Å². The molecule has 9 nitrogen and oxygen atoms in total. The number of nitrogens with two attached hydrogens (primary N) is 1. The Hall–Kier alpha value is -3.05. The molecule has 174 valence electrons. The predicted octanol–water partition coefficient (Wildman–Crippen LogP) is 3.75. The normalized spacial score (nSPS) is 15.5. The molecule has 0 bridgehead atoms. The van der Waals surface area contributed by atoms with Crippen molar-refractivity contribution in [1.82, 2.24) is 5.32 Å². The molecule has 1 fully saturated rings. The van der Waals surface area contributed by atoms with Crippen LogP contribution in [0.3, 0.4) is 0 Å². The van der Waals surface area contributed by atoms with Gasteiger partial charge in [-0.3, -0.25) is 25.0 Å². The first-order valence-electron chi connectivity index (χ1n) is 10.9. The summed E-state index contributed by atoms with van der Waals surface area (Å²) in [4.78, 5) is 39.1. The SMILES string of the molecule is NC(=O)c1c(NC(=S)NC(=O)c2ccc(N3CCCCC3)c([N+](=O)[O-])c2)sc2c1CCCC2. The minimum atomic E-state index is -0.567. The minimum Gasteiger partial charge on any atom is -0.366 e. The maximum Gasteiger partial charge on any atom is 0.293 e. The number of thiophene rings is 1. The van der Waals surface area contributed by atoms with Gasteiger partial charge in [0, 0.05) is 29.6 Å². The highest BCUT2D eigenvalue weighted by Crippen LogP contribution is 2.38. The van der Waals surface area contributed by atoms with Gasteiger partial charge >= 0.3 is 0 Å². The van der Waals surface area contributed by atoms with E-state index in [-0.39, 0.29) is 16.4 Å². The lowest BCUT2D eigenvalue weighted by Crippen LogP contribution is -2.34. The monoisotopic (exact) mass is 487 g/mol. The number of piperidine rings is 1. The van der Waals surface area contributed by atoms with Crippen LogP contribution in [0, 0.1) is 10.1 Å². The van der Waals surface area contributed by atoms with Crippen LogP contribution in [0.1, 0.15) is 63.3 Å². The molecule has 33 heavy (non-hydrogen) atoms. The summed E-state index contributed by atoms with van der Waals surface area (Å²) in [6.07, 6.45) is 6.80. The van der Waals surface area contributed by atoms with Crippen molar-refractivity contribution in [2.24, 2.45) is 5.73 Å². The summed E-state index contributed by atoms with van der Waals surface area (Å²) >= 11 is 6.70. The highest BCUT2D eigenvalue weighted by Gasteiger charge is 2.26. The molecular weight excluding hydrogens is 462 g/mol. The lowest BCUT2D eigenvalue weighted by molar-refractivity contribution is -0.384. The number of nitro benzene ring substituents is 1. The zero-order chi connectivity index (χ0) is 23.5. The van der Waals surface area contributed by atoms with Crippen molar-refractivity contribution in [3.8, 4) is 0 Å². The maximum absolute atomic E-state index is 12.8. The number of primary amides is 1. The largest absolute Gasteiger partial charge is 0.366 e. The zero-order valence-corrected chi connectivity index (χ0v) is 19.7. The second-order valence-electron chi connectivity index (χ2n) is 8.20. The van der Waals surface area contributed by atoms with Crippen molar-refractivity contribution in [3.63, 3.8) is 0 Å². The van der Waals surface area contributed by atoms with Crippen LogP contribution >= 0.6 is 23.6 Å². The van der Waals surface area contributed by atoms with Crippen LogP contribution in [-0.4, -0.2) is 34.9 Å². The van der Waals surface area contributed by atoms with Gasteiger partial charge in [0.1, 0.15) is 10.7 Å². The van der Waals surface area contributed by atoms with Gasteiger partial charge in [0.05, 0.1) is 10.5 Å². The average molecular weight is 488 g/mol. The third-order valence-corrected chi connectivity index (χ3v) is 7.41. The molecule has 0 radical (unpaired) electrons. The molecule has 2 amide bonds. The van der Waals surface area contributed by atoms with Crippen molar-refractivity contribution >= 4 is 56.9 Å². The van der Waals surface area contributed by atoms with Gasteiger partial charge in [0.25, 0.3) is 17.5 Å². The van der Waals surface area contributed by atoms with Gasteiger partial charge in [-0.15, -0.1) is 11.3 Å². The number of hydrogen-bond acceptors (Lipinski definition) is 7. The molecule has 2 aliphatic rings.